The SMILES string of the molecule is COc1ncc(Cl)c(NCc2ccc(S(C)(=O)=O)cc2)n1. The number of halogens is 1. The van der Waals surface area contributed by atoms with Crippen molar-refractivity contribution in [1.82, 2.24) is 9.97 Å². The number of benzene rings is 1. The maximum atomic E-state index is 11.4. The molecule has 1 aromatic carbocycles. The molecule has 0 aliphatic carbocycles. The lowest BCUT2D eigenvalue weighted by atomic mass is 10.2. The average Bonchev–Trinajstić information content (AvgIpc) is 2.46. The number of hydrogen-bond donors (Lipinski definition) is 1. The van der Waals surface area contributed by atoms with Crippen LogP contribution in [-0.2, 0) is 16.4 Å². The van der Waals surface area contributed by atoms with Gasteiger partial charge in [-0.25, -0.2) is 13.4 Å². The van der Waals surface area contributed by atoms with E-state index < -0.39 is 9.84 Å². The predicted molar refractivity (Wildman–Crippen MR) is 80.5 cm³/mol. The van der Waals surface area contributed by atoms with Crippen molar-refractivity contribution >= 4 is 27.3 Å². The van der Waals surface area contributed by atoms with Crippen LogP contribution < -0.4 is 10.1 Å². The molecule has 6 nitrogen and oxygen atoms in total. The standard InChI is InChI=1S/C13H14ClN3O3S/c1-20-13-16-8-11(14)12(17-13)15-7-9-3-5-10(6-4-9)21(2,18)19/h3-6,8H,7H2,1-2H3,(H,15,16,17). The molecule has 0 saturated heterocycles. The van der Waals surface area contributed by atoms with Crippen LogP contribution in [0.4, 0.5) is 5.82 Å². The maximum absolute atomic E-state index is 11.4. The van der Waals surface area contributed by atoms with Gasteiger partial charge in [0, 0.05) is 12.8 Å². The van der Waals surface area contributed by atoms with E-state index in [0.29, 0.717) is 17.4 Å². The summed E-state index contributed by atoms with van der Waals surface area (Å²) >= 11 is 5.98. The molecular formula is C13H14ClN3O3S. The van der Waals surface area contributed by atoms with Crippen LogP contribution in [0.2, 0.25) is 5.02 Å². The highest BCUT2D eigenvalue weighted by Gasteiger charge is 2.08. The molecule has 2 aromatic rings. The number of nitrogens with one attached hydrogen (secondary N) is 1. The smallest absolute Gasteiger partial charge is 0.318 e. The summed E-state index contributed by atoms with van der Waals surface area (Å²) in [6, 6.07) is 6.81. The van der Waals surface area contributed by atoms with Gasteiger partial charge in [0.25, 0.3) is 0 Å². The second-order valence-corrected chi connectivity index (χ2v) is 6.75. The largest absolute Gasteiger partial charge is 0.467 e. The average molecular weight is 328 g/mol. The number of nitrogens with zero attached hydrogens (tertiary/aromatic N) is 2. The summed E-state index contributed by atoms with van der Waals surface area (Å²) in [5.41, 5.74) is 0.899. The monoisotopic (exact) mass is 327 g/mol. The molecule has 0 atom stereocenters. The van der Waals surface area contributed by atoms with Gasteiger partial charge >= 0.3 is 6.01 Å². The molecule has 21 heavy (non-hydrogen) atoms. The molecule has 0 spiro atoms. The highest BCUT2D eigenvalue weighted by molar-refractivity contribution is 7.90. The second kappa shape index (κ2) is 6.28. The van der Waals surface area contributed by atoms with E-state index in [1.807, 2.05) is 0 Å². The number of hydrogen-bond acceptors (Lipinski definition) is 6. The normalized spacial score (nSPS) is 11.2. The molecular weight excluding hydrogens is 314 g/mol. The number of sulfone groups is 1. The Hall–Kier alpha value is -1.86. The third-order valence-electron chi connectivity index (χ3n) is 2.72. The first kappa shape index (κ1) is 15.5. The molecule has 0 amide bonds. The van der Waals surface area contributed by atoms with Gasteiger partial charge < -0.3 is 10.1 Å². The van der Waals surface area contributed by atoms with Crippen molar-refractivity contribution in [3.8, 4) is 6.01 Å². The molecule has 1 N–H and O–H groups in total. The molecule has 8 heteroatoms. The maximum Gasteiger partial charge on any atom is 0.318 e. The van der Waals surface area contributed by atoms with Gasteiger partial charge in [-0.2, -0.15) is 4.98 Å². The zero-order chi connectivity index (χ0) is 15.5. The summed E-state index contributed by atoms with van der Waals surface area (Å²) in [7, 11) is -1.71. The third kappa shape index (κ3) is 4.05. The van der Waals surface area contributed by atoms with Gasteiger partial charge in [0.15, 0.2) is 15.7 Å². The first-order valence-electron chi connectivity index (χ1n) is 5.99. The van der Waals surface area contributed by atoms with Gasteiger partial charge in [0.1, 0.15) is 5.02 Å². The number of rotatable bonds is 5. The summed E-state index contributed by atoms with van der Waals surface area (Å²) in [4.78, 5) is 8.25. The Labute approximate surface area is 128 Å². The Kier molecular flexibility index (Phi) is 4.64. The van der Waals surface area contributed by atoms with E-state index in [2.05, 4.69) is 15.3 Å². The van der Waals surface area contributed by atoms with Crippen LogP contribution in [0.15, 0.2) is 35.4 Å². The fourth-order valence-corrected chi connectivity index (χ4v) is 2.40. The van der Waals surface area contributed by atoms with Crippen molar-refractivity contribution in [2.45, 2.75) is 11.4 Å². The van der Waals surface area contributed by atoms with E-state index in [4.69, 9.17) is 16.3 Å². The molecule has 0 radical (unpaired) electrons. The van der Waals surface area contributed by atoms with E-state index in [0.717, 1.165) is 5.56 Å². The highest BCUT2D eigenvalue weighted by atomic mass is 35.5. The van der Waals surface area contributed by atoms with Gasteiger partial charge in [-0.1, -0.05) is 23.7 Å². The Morgan fingerprint density at radius 3 is 2.52 bits per heavy atom. The van der Waals surface area contributed by atoms with E-state index >= 15 is 0 Å². The summed E-state index contributed by atoms with van der Waals surface area (Å²) in [5.74, 6) is 0.454. The van der Waals surface area contributed by atoms with Gasteiger partial charge in [0.05, 0.1) is 18.2 Å². The van der Waals surface area contributed by atoms with Gasteiger partial charge in [0.2, 0.25) is 0 Å². The van der Waals surface area contributed by atoms with Crippen LogP contribution in [0.25, 0.3) is 0 Å². The third-order valence-corrected chi connectivity index (χ3v) is 4.12. The van der Waals surface area contributed by atoms with Crippen LogP contribution >= 0.6 is 11.6 Å². The molecule has 0 aliphatic rings. The van der Waals surface area contributed by atoms with E-state index in [1.54, 1.807) is 24.3 Å². The first-order chi connectivity index (χ1) is 9.90. The lowest BCUT2D eigenvalue weighted by Crippen LogP contribution is -2.04. The van der Waals surface area contributed by atoms with Crippen molar-refractivity contribution in [1.29, 1.82) is 0 Å². The van der Waals surface area contributed by atoms with Crippen molar-refractivity contribution < 1.29 is 13.2 Å². The minimum atomic E-state index is -3.18. The highest BCUT2D eigenvalue weighted by Crippen LogP contribution is 2.21. The number of aromatic nitrogens is 2. The minimum Gasteiger partial charge on any atom is -0.467 e. The van der Waals surface area contributed by atoms with Crippen molar-refractivity contribution in [3.63, 3.8) is 0 Å². The van der Waals surface area contributed by atoms with E-state index in [9.17, 15) is 8.42 Å². The molecule has 0 aliphatic heterocycles. The Morgan fingerprint density at radius 1 is 1.29 bits per heavy atom. The lowest BCUT2D eigenvalue weighted by molar-refractivity contribution is 0.380. The molecule has 1 aromatic heterocycles. The Bertz CT molecular complexity index is 733. The van der Waals surface area contributed by atoms with Crippen LogP contribution in [-0.4, -0.2) is 31.8 Å². The zero-order valence-electron chi connectivity index (χ0n) is 11.5. The van der Waals surface area contributed by atoms with Crippen LogP contribution in [0, 0.1) is 0 Å². The lowest BCUT2D eigenvalue weighted by Gasteiger charge is -2.08. The molecule has 0 fully saturated rings. The van der Waals surface area contributed by atoms with Crippen LogP contribution in [0.3, 0.4) is 0 Å². The summed E-state index contributed by atoms with van der Waals surface area (Å²) in [5, 5.41) is 3.43. The fraction of sp³-hybridized carbons (Fsp3) is 0.231. The molecule has 0 unspecified atom stereocenters. The topological polar surface area (TPSA) is 81.2 Å². The summed E-state index contributed by atoms with van der Waals surface area (Å²) in [6.07, 6.45) is 2.62. The second-order valence-electron chi connectivity index (χ2n) is 4.32. The Balaban J connectivity index is 2.10. The molecule has 0 bridgehead atoms. The van der Waals surface area contributed by atoms with Gasteiger partial charge in [-0.05, 0) is 17.7 Å². The number of ether oxygens (including phenoxy) is 1. The number of methoxy groups -OCH3 is 1. The van der Waals surface area contributed by atoms with E-state index in [-0.39, 0.29) is 10.9 Å². The van der Waals surface area contributed by atoms with Crippen LogP contribution in [0.1, 0.15) is 5.56 Å². The molecule has 1 heterocycles. The van der Waals surface area contributed by atoms with Crippen molar-refractivity contribution in [3.05, 3.63) is 41.0 Å². The Morgan fingerprint density at radius 2 is 1.95 bits per heavy atom. The quantitative estimate of drug-likeness (QED) is 0.906. The van der Waals surface area contributed by atoms with Crippen molar-refractivity contribution in [2.24, 2.45) is 0 Å². The zero-order valence-corrected chi connectivity index (χ0v) is 13.1. The molecule has 112 valence electrons. The van der Waals surface area contributed by atoms with E-state index in [1.165, 1.54) is 19.6 Å². The minimum absolute atomic E-state index is 0.217. The fourth-order valence-electron chi connectivity index (χ4n) is 1.61. The number of anilines is 1. The summed E-state index contributed by atoms with van der Waals surface area (Å²) in [6.45, 7) is 0.448. The van der Waals surface area contributed by atoms with Crippen LogP contribution in [0.5, 0.6) is 6.01 Å². The summed E-state index contributed by atoms with van der Waals surface area (Å²) < 4.78 is 27.7. The van der Waals surface area contributed by atoms with Gasteiger partial charge in [-0.3, -0.25) is 0 Å². The predicted octanol–water partition coefficient (Wildman–Crippen LogP) is 2.15. The molecule has 0 saturated carbocycles. The first-order valence-corrected chi connectivity index (χ1v) is 8.26. The van der Waals surface area contributed by atoms with Crippen molar-refractivity contribution in [2.75, 3.05) is 18.7 Å². The molecule has 2 rings (SSSR count). The van der Waals surface area contributed by atoms with Gasteiger partial charge in [-0.15, -0.1) is 0 Å².